The van der Waals surface area contributed by atoms with Crippen molar-refractivity contribution in [1.29, 1.82) is 0 Å². The molecular weight excluding hydrogens is 413 g/mol. The van der Waals surface area contributed by atoms with Gasteiger partial charge in [0.25, 0.3) is 0 Å². The van der Waals surface area contributed by atoms with E-state index < -0.39 is 5.67 Å². The minimum Gasteiger partial charge on any atom is -0.361 e. The van der Waals surface area contributed by atoms with Crippen molar-refractivity contribution in [1.82, 2.24) is 25.1 Å². The van der Waals surface area contributed by atoms with E-state index in [4.69, 9.17) is 0 Å². The van der Waals surface area contributed by atoms with Gasteiger partial charge in [-0.3, -0.25) is 5.10 Å². The monoisotopic (exact) mass is 445 g/mol. The van der Waals surface area contributed by atoms with Crippen LogP contribution in [-0.4, -0.2) is 50.4 Å². The van der Waals surface area contributed by atoms with E-state index in [9.17, 15) is 0 Å². The summed E-state index contributed by atoms with van der Waals surface area (Å²) in [5.41, 5.74) is 3.70. The van der Waals surface area contributed by atoms with E-state index in [2.05, 4.69) is 68.5 Å². The molecular formula is C27H32FN5. The highest BCUT2D eigenvalue weighted by atomic mass is 19.1. The predicted octanol–water partition coefficient (Wildman–Crippen LogP) is 5.88. The van der Waals surface area contributed by atoms with E-state index in [1.165, 1.54) is 22.8 Å². The van der Waals surface area contributed by atoms with Crippen LogP contribution in [-0.2, 0) is 6.42 Å². The number of fused-ring (bicyclic) bond motifs is 1. The molecule has 0 bridgehead atoms. The highest BCUT2D eigenvalue weighted by Gasteiger charge is 2.35. The Labute approximate surface area is 194 Å². The largest absolute Gasteiger partial charge is 0.361 e. The number of benzene rings is 2. The number of nitrogens with one attached hydrogen (secondary N) is 2. The van der Waals surface area contributed by atoms with Crippen molar-refractivity contribution in [3.8, 4) is 11.4 Å². The Balaban J connectivity index is 1.13. The molecule has 4 aromatic rings. The zero-order valence-electron chi connectivity index (χ0n) is 19.2. The molecule has 3 heterocycles. The van der Waals surface area contributed by atoms with Gasteiger partial charge in [0.1, 0.15) is 12.0 Å². The molecule has 0 saturated carbocycles. The molecule has 5 rings (SSSR count). The molecule has 1 aliphatic rings. The van der Waals surface area contributed by atoms with E-state index in [-0.39, 0.29) is 5.92 Å². The SMILES string of the molecule is CC(CC1(F)CCN(CCCc2c[nH]c3ccc(-c4ncn[nH]4)cc23)CC1)c1ccccc1. The third kappa shape index (κ3) is 5.01. The molecule has 33 heavy (non-hydrogen) atoms. The van der Waals surface area contributed by atoms with Gasteiger partial charge in [0.2, 0.25) is 0 Å². The Kier molecular flexibility index (Phi) is 6.27. The smallest absolute Gasteiger partial charge is 0.155 e. The summed E-state index contributed by atoms with van der Waals surface area (Å²) in [5.74, 6) is 1.04. The average molecular weight is 446 g/mol. The summed E-state index contributed by atoms with van der Waals surface area (Å²) in [6, 6.07) is 16.7. The van der Waals surface area contributed by atoms with Crippen LogP contribution < -0.4 is 0 Å². The number of halogens is 1. The van der Waals surface area contributed by atoms with Crippen LogP contribution in [0.15, 0.2) is 61.1 Å². The molecule has 0 radical (unpaired) electrons. The number of hydrogen-bond acceptors (Lipinski definition) is 3. The van der Waals surface area contributed by atoms with Crippen LogP contribution in [0.5, 0.6) is 0 Å². The number of likely N-dealkylation sites (tertiary alicyclic amines) is 1. The van der Waals surface area contributed by atoms with Crippen molar-refractivity contribution in [2.45, 2.75) is 50.6 Å². The predicted molar refractivity (Wildman–Crippen MR) is 131 cm³/mol. The van der Waals surface area contributed by atoms with E-state index in [0.29, 0.717) is 19.3 Å². The summed E-state index contributed by atoms with van der Waals surface area (Å²) in [6.07, 6.45) is 7.61. The van der Waals surface area contributed by atoms with Crippen LogP contribution in [0.25, 0.3) is 22.3 Å². The Morgan fingerprint density at radius 1 is 1.12 bits per heavy atom. The molecule has 2 N–H and O–H groups in total. The first kappa shape index (κ1) is 21.8. The van der Waals surface area contributed by atoms with Gasteiger partial charge >= 0.3 is 0 Å². The van der Waals surface area contributed by atoms with E-state index in [1.54, 1.807) is 0 Å². The van der Waals surface area contributed by atoms with Gasteiger partial charge in [0.15, 0.2) is 5.82 Å². The fourth-order valence-electron chi connectivity index (χ4n) is 5.20. The molecule has 172 valence electrons. The molecule has 6 heteroatoms. The minimum atomic E-state index is -1.04. The van der Waals surface area contributed by atoms with Crippen LogP contribution in [0.4, 0.5) is 4.39 Å². The highest BCUT2D eigenvalue weighted by molar-refractivity contribution is 5.87. The van der Waals surface area contributed by atoms with Gasteiger partial charge in [-0.05, 0) is 73.9 Å². The second kappa shape index (κ2) is 9.48. The minimum absolute atomic E-state index is 0.256. The normalized spacial score (nSPS) is 17.4. The molecule has 0 spiro atoms. The molecule has 1 atom stereocenters. The van der Waals surface area contributed by atoms with Gasteiger partial charge in [0, 0.05) is 35.8 Å². The van der Waals surface area contributed by atoms with Crippen molar-refractivity contribution in [2.75, 3.05) is 19.6 Å². The molecule has 2 aromatic carbocycles. The standard InChI is InChI=1S/C27H32FN5/c1-20(21-6-3-2-4-7-21)17-27(28)11-14-33(15-12-27)13-5-8-23-18-29-25-10-9-22(16-24(23)25)26-30-19-31-32-26/h2-4,6-7,9-10,16,18-20,29H,5,8,11-15,17H2,1H3,(H,30,31,32). The number of alkyl halides is 1. The summed E-state index contributed by atoms with van der Waals surface area (Å²) < 4.78 is 15.5. The average Bonchev–Trinajstić information content (AvgIpc) is 3.51. The lowest BCUT2D eigenvalue weighted by atomic mass is 9.82. The Morgan fingerprint density at radius 2 is 1.94 bits per heavy atom. The lowest BCUT2D eigenvalue weighted by molar-refractivity contribution is 0.0457. The molecule has 2 aromatic heterocycles. The summed E-state index contributed by atoms with van der Waals surface area (Å²) in [7, 11) is 0. The molecule has 1 aliphatic heterocycles. The number of aryl methyl sites for hydroxylation is 1. The summed E-state index contributed by atoms with van der Waals surface area (Å²) in [4.78, 5) is 10.1. The van der Waals surface area contributed by atoms with Crippen molar-refractivity contribution < 1.29 is 4.39 Å². The zero-order valence-corrected chi connectivity index (χ0v) is 19.2. The number of aromatic nitrogens is 4. The lowest BCUT2D eigenvalue weighted by Crippen LogP contribution is -2.42. The first-order valence-electron chi connectivity index (χ1n) is 12.0. The highest BCUT2D eigenvalue weighted by Crippen LogP contribution is 2.36. The second-order valence-electron chi connectivity index (χ2n) is 9.52. The van der Waals surface area contributed by atoms with Crippen LogP contribution in [0.1, 0.15) is 49.7 Å². The number of aromatic amines is 2. The third-order valence-corrected chi connectivity index (χ3v) is 7.17. The molecule has 0 amide bonds. The van der Waals surface area contributed by atoms with Gasteiger partial charge < -0.3 is 9.88 Å². The number of rotatable bonds is 8. The van der Waals surface area contributed by atoms with Gasteiger partial charge in [-0.1, -0.05) is 37.3 Å². The second-order valence-corrected chi connectivity index (χ2v) is 9.52. The third-order valence-electron chi connectivity index (χ3n) is 7.17. The Morgan fingerprint density at radius 3 is 2.70 bits per heavy atom. The van der Waals surface area contributed by atoms with Crippen LogP contribution in [0.2, 0.25) is 0 Å². The molecule has 1 unspecified atom stereocenters. The lowest BCUT2D eigenvalue weighted by Gasteiger charge is -2.38. The van der Waals surface area contributed by atoms with Gasteiger partial charge in [-0.15, -0.1) is 0 Å². The Hall–Kier alpha value is -2.99. The fourth-order valence-corrected chi connectivity index (χ4v) is 5.20. The zero-order chi connectivity index (χ0) is 22.7. The maximum absolute atomic E-state index is 15.5. The fraction of sp³-hybridized carbons (Fsp3) is 0.407. The first-order valence-corrected chi connectivity index (χ1v) is 12.0. The van der Waals surface area contributed by atoms with Crippen LogP contribution in [0, 0.1) is 0 Å². The van der Waals surface area contributed by atoms with Crippen molar-refractivity contribution in [2.24, 2.45) is 0 Å². The van der Waals surface area contributed by atoms with Crippen molar-refractivity contribution >= 4 is 10.9 Å². The summed E-state index contributed by atoms with van der Waals surface area (Å²) in [5, 5.41) is 8.13. The number of piperidine rings is 1. The van der Waals surface area contributed by atoms with Crippen LogP contribution in [0.3, 0.4) is 0 Å². The molecule has 1 fully saturated rings. The first-order chi connectivity index (χ1) is 16.1. The summed E-state index contributed by atoms with van der Waals surface area (Å²) in [6.45, 7) is 4.86. The summed E-state index contributed by atoms with van der Waals surface area (Å²) >= 11 is 0. The topological polar surface area (TPSA) is 60.6 Å². The van der Waals surface area contributed by atoms with E-state index in [1.807, 2.05) is 18.2 Å². The van der Waals surface area contributed by atoms with Crippen molar-refractivity contribution in [3.63, 3.8) is 0 Å². The number of nitrogens with zero attached hydrogens (tertiary/aromatic N) is 3. The maximum Gasteiger partial charge on any atom is 0.155 e. The van der Waals surface area contributed by atoms with E-state index >= 15 is 4.39 Å². The van der Waals surface area contributed by atoms with E-state index in [0.717, 1.165) is 49.4 Å². The Bertz CT molecular complexity index is 1160. The molecule has 1 saturated heterocycles. The van der Waals surface area contributed by atoms with Gasteiger partial charge in [-0.2, -0.15) is 5.10 Å². The number of H-pyrrole nitrogens is 2. The molecule has 5 nitrogen and oxygen atoms in total. The maximum atomic E-state index is 15.5. The van der Waals surface area contributed by atoms with Crippen LogP contribution >= 0.6 is 0 Å². The molecule has 0 aliphatic carbocycles. The quantitative estimate of drug-likeness (QED) is 0.356. The number of hydrogen-bond donors (Lipinski definition) is 2. The van der Waals surface area contributed by atoms with Gasteiger partial charge in [-0.25, -0.2) is 9.37 Å². The van der Waals surface area contributed by atoms with Crippen molar-refractivity contribution in [3.05, 3.63) is 72.2 Å². The van der Waals surface area contributed by atoms with Gasteiger partial charge in [0.05, 0.1) is 0 Å².